The molecule has 1 aliphatic carbocycles. The van der Waals surface area contributed by atoms with Gasteiger partial charge in [0.15, 0.2) is 0 Å². The van der Waals surface area contributed by atoms with Crippen molar-refractivity contribution in [2.75, 3.05) is 0 Å². The van der Waals surface area contributed by atoms with Crippen LogP contribution in [-0.2, 0) is 12.8 Å². The number of hydrogen-bond acceptors (Lipinski definition) is 3. The molecule has 0 spiro atoms. The maximum Gasteiger partial charge on any atom is 0.212 e. The molecule has 0 saturated carbocycles. The molecule has 2 heterocycles. The second-order valence-electron chi connectivity index (χ2n) is 4.78. The Balaban J connectivity index is 2.20. The predicted octanol–water partition coefficient (Wildman–Crippen LogP) is 2.31. The van der Waals surface area contributed by atoms with E-state index in [-0.39, 0.29) is 0 Å². The van der Waals surface area contributed by atoms with Crippen LogP contribution in [0.2, 0.25) is 0 Å². The number of aryl methyl sites for hydroxylation is 1. The first-order valence-electron chi connectivity index (χ1n) is 4.96. The van der Waals surface area contributed by atoms with E-state index in [0.29, 0.717) is 5.41 Å². The van der Waals surface area contributed by atoms with Gasteiger partial charge >= 0.3 is 0 Å². The van der Waals surface area contributed by atoms with Gasteiger partial charge in [-0.05, 0) is 24.7 Å². The molecule has 3 nitrogen and oxygen atoms in total. The van der Waals surface area contributed by atoms with Crippen molar-refractivity contribution in [1.82, 2.24) is 14.6 Å². The number of hydrogen-bond donors (Lipinski definition) is 0. The summed E-state index contributed by atoms with van der Waals surface area (Å²) in [4.78, 5) is 5.65. The fourth-order valence-electron chi connectivity index (χ4n) is 2.15. The molecule has 0 atom stereocenters. The van der Waals surface area contributed by atoms with Crippen molar-refractivity contribution >= 4 is 16.3 Å². The molecule has 0 unspecified atom stereocenters. The van der Waals surface area contributed by atoms with Gasteiger partial charge in [0.05, 0.1) is 11.4 Å². The zero-order valence-corrected chi connectivity index (χ0v) is 9.27. The Morgan fingerprint density at radius 3 is 3.21 bits per heavy atom. The highest BCUT2D eigenvalue weighted by molar-refractivity contribution is 7.14. The van der Waals surface area contributed by atoms with Gasteiger partial charge in [0.2, 0.25) is 4.96 Å². The van der Waals surface area contributed by atoms with Crippen LogP contribution in [0, 0.1) is 5.41 Å². The third-order valence-electron chi connectivity index (χ3n) is 3.01. The normalized spacial score (nSPS) is 19.9. The van der Waals surface area contributed by atoms with Crippen LogP contribution >= 0.6 is 11.3 Å². The minimum Gasteiger partial charge on any atom is -0.222 e. The van der Waals surface area contributed by atoms with Crippen LogP contribution in [0.15, 0.2) is 5.51 Å². The smallest absolute Gasteiger partial charge is 0.212 e. The summed E-state index contributed by atoms with van der Waals surface area (Å²) in [5.74, 6) is 0. The van der Waals surface area contributed by atoms with E-state index in [4.69, 9.17) is 0 Å². The average molecular weight is 207 g/mol. The largest absolute Gasteiger partial charge is 0.222 e. The van der Waals surface area contributed by atoms with Gasteiger partial charge in [-0.25, -0.2) is 9.50 Å². The molecule has 0 saturated heterocycles. The molecule has 1 aliphatic rings. The second-order valence-corrected chi connectivity index (χ2v) is 5.59. The Morgan fingerprint density at radius 2 is 2.36 bits per heavy atom. The Labute approximate surface area is 86.8 Å². The molecular formula is C10H13N3S. The standard InChI is InChI=1S/C10H13N3S/c1-10(2)4-3-7-8(5-10)13-9(12-7)14-6-11-13/h6H,3-5H2,1-2H3. The number of nitrogens with zero attached hydrogens (tertiary/aromatic N) is 3. The van der Waals surface area contributed by atoms with E-state index in [1.165, 1.54) is 17.8 Å². The third kappa shape index (κ3) is 1.10. The SMILES string of the molecule is CC1(C)CCc2nc3scnn3c2C1. The van der Waals surface area contributed by atoms with Gasteiger partial charge in [0, 0.05) is 0 Å². The van der Waals surface area contributed by atoms with E-state index in [1.54, 1.807) is 11.3 Å². The van der Waals surface area contributed by atoms with Crippen molar-refractivity contribution in [1.29, 1.82) is 0 Å². The quantitative estimate of drug-likeness (QED) is 0.663. The van der Waals surface area contributed by atoms with E-state index in [0.717, 1.165) is 17.8 Å². The van der Waals surface area contributed by atoms with Crippen LogP contribution in [0.3, 0.4) is 0 Å². The van der Waals surface area contributed by atoms with Crippen LogP contribution in [0.5, 0.6) is 0 Å². The average Bonchev–Trinajstić information content (AvgIpc) is 2.64. The van der Waals surface area contributed by atoms with Crippen LogP contribution < -0.4 is 0 Å². The van der Waals surface area contributed by atoms with Crippen LogP contribution in [0.1, 0.15) is 31.7 Å². The lowest BCUT2D eigenvalue weighted by Crippen LogP contribution is -2.23. The van der Waals surface area contributed by atoms with Crippen LogP contribution in [0.4, 0.5) is 0 Å². The summed E-state index contributed by atoms with van der Waals surface area (Å²) in [6.07, 6.45) is 3.45. The molecule has 0 radical (unpaired) electrons. The van der Waals surface area contributed by atoms with Gasteiger partial charge in [0.25, 0.3) is 0 Å². The van der Waals surface area contributed by atoms with Gasteiger partial charge in [-0.3, -0.25) is 0 Å². The molecule has 2 aromatic heterocycles. The number of rotatable bonds is 0. The highest BCUT2D eigenvalue weighted by Crippen LogP contribution is 2.34. The Hall–Kier alpha value is -0.900. The van der Waals surface area contributed by atoms with Gasteiger partial charge in [-0.2, -0.15) is 5.10 Å². The summed E-state index contributed by atoms with van der Waals surface area (Å²) in [6, 6.07) is 0. The minimum absolute atomic E-state index is 0.409. The van der Waals surface area contributed by atoms with Gasteiger partial charge in [-0.1, -0.05) is 25.2 Å². The third-order valence-corrected chi connectivity index (χ3v) is 3.68. The lowest BCUT2D eigenvalue weighted by molar-refractivity contribution is 0.307. The summed E-state index contributed by atoms with van der Waals surface area (Å²) in [5, 5.41) is 4.33. The summed E-state index contributed by atoms with van der Waals surface area (Å²) < 4.78 is 2.01. The molecule has 2 aromatic rings. The highest BCUT2D eigenvalue weighted by Gasteiger charge is 2.29. The molecule has 4 heteroatoms. The van der Waals surface area contributed by atoms with Crippen molar-refractivity contribution < 1.29 is 0 Å². The molecule has 3 rings (SSSR count). The van der Waals surface area contributed by atoms with Gasteiger partial charge < -0.3 is 0 Å². The molecule has 0 fully saturated rings. The van der Waals surface area contributed by atoms with Crippen molar-refractivity contribution in [3.8, 4) is 0 Å². The van der Waals surface area contributed by atoms with E-state index < -0.39 is 0 Å². The van der Waals surface area contributed by atoms with E-state index in [2.05, 4.69) is 23.9 Å². The molecular weight excluding hydrogens is 194 g/mol. The highest BCUT2D eigenvalue weighted by atomic mass is 32.1. The fraction of sp³-hybridized carbons (Fsp3) is 0.600. The van der Waals surface area contributed by atoms with Gasteiger partial charge in [-0.15, -0.1) is 0 Å². The lowest BCUT2D eigenvalue weighted by atomic mass is 9.78. The summed E-state index contributed by atoms with van der Waals surface area (Å²) in [6.45, 7) is 4.64. The zero-order chi connectivity index (χ0) is 9.76. The summed E-state index contributed by atoms with van der Waals surface area (Å²) in [7, 11) is 0. The first-order valence-corrected chi connectivity index (χ1v) is 5.84. The minimum atomic E-state index is 0.409. The molecule has 0 bridgehead atoms. The Kier molecular flexibility index (Phi) is 1.54. The van der Waals surface area contributed by atoms with Crippen molar-refractivity contribution in [2.45, 2.75) is 33.1 Å². The Bertz CT molecular complexity index is 480. The van der Waals surface area contributed by atoms with E-state index in [9.17, 15) is 0 Å². The summed E-state index contributed by atoms with van der Waals surface area (Å²) >= 11 is 1.62. The Morgan fingerprint density at radius 1 is 1.50 bits per heavy atom. The summed E-state index contributed by atoms with van der Waals surface area (Å²) in [5.41, 5.74) is 4.87. The number of fused-ring (bicyclic) bond motifs is 3. The van der Waals surface area contributed by atoms with Crippen LogP contribution in [-0.4, -0.2) is 14.6 Å². The molecule has 74 valence electrons. The zero-order valence-electron chi connectivity index (χ0n) is 8.45. The number of imidazole rings is 1. The molecule has 14 heavy (non-hydrogen) atoms. The molecule has 0 aliphatic heterocycles. The fourth-order valence-corrected chi connectivity index (χ4v) is 2.81. The lowest BCUT2D eigenvalue weighted by Gasteiger charge is -2.28. The molecule has 0 amide bonds. The first-order chi connectivity index (χ1) is 6.66. The van der Waals surface area contributed by atoms with E-state index in [1.807, 2.05) is 10.0 Å². The molecule has 0 aromatic carbocycles. The first kappa shape index (κ1) is 8.41. The van der Waals surface area contributed by atoms with Crippen molar-refractivity contribution in [3.05, 3.63) is 16.9 Å². The van der Waals surface area contributed by atoms with Crippen molar-refractivity contribution in [3.63, 3.8) is 0 Å². The van der Waals surface area contributed by atoms with Crippen LogP contribution in [0.25, 0.3) is 4.96 Å². The maximum absolute atomic E-state index is 4.60. The number of aromatic nitrogens is 3. The van der Waals surface area contributed by atoms with Gasteiger partial charge in [0.1, 0.15) is 5.51 Å². The second kappa shape index (κ2) is 2.57. The maximum atomic E-state index is 4.60. The van der Waals surface area contributed by atoms with Crippen molar-refractivity contribution in [2.24, 2.45) is 5.41 Å². The van der Waals surface area contributed by atoms with E-state index >= 15 is 0 Å². The molecule has 0 N–H and O–H groups in total. The monoisotopic (exact) mass is 207 g/mol. The topological polar surface area (TPSA) is 30.2 Å². The predicted molar refractivity (Wildman–Crippen MR) is 56.7 cm³/mol.